The zero-order chi connectivity index (χ0) is 16.1. The van der Waals surface area contributed by atoms with Crippen LogP contribution in [-0.2, 0) is 0 Å². The first-order valence-corrected chi connectivity index (χ1v) is 8.86. The Morgan fingerprint density at radius 2 is 1.61 bits per heavy atom. The molecule has 0 amide bonds. The van der Waals surface area contributed by atoms with Crippen LogP contribution in [0, 0.1) is 5.92 Å². The maximum absolute atomic E-state index is 6.22. The predicted octanol–water partition coefficient (Wildman–Crippen LogP) is 6.59. The first-order valence-electron chi connectivity index (χ1n) is 8.86. The summed E-state index contributed by atoms with van der Waals surface area (Å²) in [5, 5.41) is 5.03. The lowest BCUT2D eigenvalue weighted by Crippen LogP contribution is -2.11. The summed E-state index contributed by atoms with van der Waals surface area (Å²) in [6.45, 7) is 5.34. The lowest BCUT2D eigenvalue weighted by molar-refractivity contribution is 0.235. The molecule has 1 atom stereocenters. The van der Waals surface area contributed by atoms with Gasteiger partial charge in [0.05, 0.1) is 6.61 Å². The van der Waals surface area contributed by atoms with E-state index in [1.807, 2.05) is 0 Å². The highest BCUT2D eigenvalue weighted by Gasteiger charge is 2.09. The van der Waals surface area contributed by atoms with Gasteiger partial charge in [0.1, 0.15) is 5.75 Å². The van der Waals surface area contributed by atoms with Crippen molar-refractivity contribution in [2.45, 2.75) is 39.5 Å². The minimum atomic E-state index is 0.658. The molecule has 0 aliphatic rings. The third-order valence-corrected chi connectivity index (χ3v) is 4.72. The van der Waals surface area contributed by atoms with Gasteiger partial charge in [-0.2, -0.15) is 0 Å². The van der Waals surface area contributed by atoms with Crippen LogP contribution in [0.1, 0.15) is 39.5 Å². The molecule has 0 N–H and O–H groups in total. The smallest absolute Gasteiger partial charge is 0.127 e. The highest BCUT2D eigenvalue weighted by atomic mass is 16.5. The lowest BCUT2D eigenvalue weighted by Gasteiger charge is -2.17. The van der Waals surface area contributed by atoms with Gasteiger partial charge < -0.3 is 4.74 Å². The number of rotatable bonds is 7. The molecule has 3 aromatic carbocycles. The van der Waals surface area contributed by atoms with E-state index in [4.69, 9.17) is 4.74 Å². The van der Waals surface area contributed by atoms with Crippen LogP contribution in [0.4, 0.5) is 0 Å². The van der Waals surface area contributed by atoms with Crippen molar-refractivity contribution in [1.82, 2.24) is 0 Å². The SMILES string of the molecule is CCCCC(CC)COc1cccc2cc3ccccc3cc12. The van der Waals surface area contributed by atoms with E-state index in [0.717, 1.165) is 12.4 Å². The number of ether oxygens (including phenoxy) is 1. The number of benzene rings is 3. The van der Waals surface area contributed by atoms with Crippen LogP contribution in [0.5, 0.6) is 5.75 Å². The molecule has 3 aromatic rings. The third kappa shape index (κ3) is 3.67. The third-order valence-electron chi connectivity index (χ3n) is 4.72. The Labute approximate surface area is 139 Å². The van der Waals surface area contributed by atoms with E-state index in [2.05, 4.69) is 68.4 Å². The Balaban J connectivity index is 1.86. The van der Waals surface area contributed by atoms with Gasteiger partial charge in [-0.1, -0.05) is 69.5 Å². The Bertz CT molecular complexity index is 775. The predicted molar refractivity (Wildman–Crippen MR) is 100 cm³/mol. The normalized spacial score (nSPS) is 12.6. The van der Waals surface area contributed by atoms with Crippen molar-refractivity contribution in [2.24, 2.45) is 5.92 Å². The Hall–Kier alpha value is -2.02. The van der Waals surface area contributed by atoms with E-state index >= 15 is 0 Å². The van der Waals surface area contributed by atoms with Gasteiger partial charge in [0.15, 0.2) is 0 Å². The zero-order valence-electron chi connectivity index (χ0n) is 14.2. The van der Waals surface area contributed by atoms with Crippen molar-refractivity contribution >= 4 is 21.5 Å². The quantitative estimate of drug-likeness (QED) is 0.447. The molecule has 0 fully saturated rings. The molecule has 0 saturated carbocycles. The van der Waals surface area contributed by atoms with E-state index in [0.29, 0.717) is 5.92 Å². The maximum Gasteiger partial charge on any atom is 0.127 e. The summed E-state index contributed by atoms with van der Waals surface area (Å²) >= 11 is 0. The number of fused-ring (bicyclic) bond motifs is 2. The van der Waals surface area contributed by atoms with Gasteiger partial charge in [-0.05, 0) is 46.7 Å². The van der Waals surface area contributed by atoms with Gasteiger partial charge in [-0.15, -0.1) is 0 Å². The van der Waals surface area contributed by atoms with Gasteiger partial charge >= 0.3 is 0 Å². The van der Waals surface area contributed by atoms with Crippen molar-refractivity contribution in [3.8, 4) is 5.75 Å². The first kappa shape index (κ1) is 15.9. The molecule has 0 bridgehead atoms. The highest BCUT2D eigenvalue weighted by molar-refractivity contribution is 6.00. The van der Waals surface area contributed by atoms with Gasteiger partial charge in [0, 0.05) is 5.39 Å². The summed E-state index contributed by atoms with van der Waals surface area (Å²) in [5.41, 5.74) is 0. The molecule has 0 aliphatic carbocycles. The second-order valence-corrected chi connectivity index (χ2v) is 6.40. The van der Waals surface area contributed by atoms with Crippen LogP contribution in [0.25, 0.3) is 21.5 Å². The van der Waals surface area contributed by atoms with Crippen molar-refractivity contribution in [3.63, 3.8) is 0 Å². The van der Waals surface area contributed by atoms with Gasteiger partial charge in [0.2, 0.25) is 0 Å². The first-order chi connectivity index (χ1) is 11.3. The van der Waals surface area contributed by atoms with Gasteiger partial charge in [0.25, 0.3) is 0 Å². The molecule has 1 nitrogen and oxygen atoms in total. The van der Waals surface area contributed by atoms with E-state index in [1.54, 1.807) is 0 Å². The molecule has 0 aromatic heterocycles. The summed E-state index contributed by atoms with van der Waals surface area (Å²) < 4.78 is 6.22. The van der Waals surface area contributed by atoms with Crippen LogP contribution < -0.4 is 4.74 Å². The monoisotopic (exact) mass is 306 g/mol. The van der Waals surface area contributed by atoms with E-state index < -0.39 is 0 Å². The Morgan fingerprint density at radius 3 is 2.35 bits per heavy atom. The average Bonchev–Trinajstić information content (AvgIpc) is 2.60. The molecule has 0 aliphatic heterocycles. The van der Waals surface area contributed by atoms with E-state index in [1.165, 1.54) is 47.2 Å². The second-order valence-electron chi connectivity index (χ2n) is 6.40. The summed E-state index contributed by atoms with van der Waals surface area (Å²) in [4.78, 5) is 0. The second kappa shape index (κ2) is 7.50. The van der Waals surface area contributed by atoms with Crippen LogP contribution in [0.15, 0.2) is 54.6 Å². The molecule has 120 valence electrons. The Morgan fingerprint density at radius 1 is 0.870 bits per heavy atom. The minimum absolute atomic E-state index is 0.658. The van der Waals surface area contributed by atoms with Crippen LogP contribution in [0.3, 0.4) is 0 Å². The fraction of sp³-hybridized carbons (Fsp3) is 0.364. The molecule has 23 heavy (non-hydrogen) atoms. The molecular formula is C22H26O. The summed E-state index contributed by atoms with van der Waals surface area (Å²) in [6.07, 6.45) is 5.01. The lowest BCUT2D eigenvalue weighted by atomic mass is 10.0. The van der Waals surface area contributed by atoms with Crippen molar-refractivity contribution in [3.05, 3.63) is 54.6 Å². The summed E-state index contributed by atoms with van der Waals surface area (Å²) in [6, 6.07) is 19.4. The van der Waals surface area contributed by atoms with Gasteiger partial charge in [-0.25, -0.2) is 0 Å². The fourth-order valence-corrected chi connectivity index (χ4v) is 3.17. The minimum Gasteiger partial charge on any atom is -0.493 e. The number of hydrogen-bond acceptors (Lipinski definition) is 1. The van der Waals surface area contributed by atoms with Crippen molar-refractivity contribution in [2.75, 3.05) is 6.61 Å². The van der Waals surface area contributed by atoms with Crippen LogP contribution in [0.2, 0.25) is 0 Å². The molecule has 1 heteroatoms. The van der Waals surface area contributed by atoms with Crippen molar-refractivity contribution < 1.29 is 4.74 Å². The molecule has 0 heterocycles. The topological polar surface area (TPSA) is 9.23 Å². The molecule has 0 spiro atoms. The maximum atomic E-state index is 6.22. The van der Waals surface area contributed by atoms with E-state index in [9.17, 15) is 0 Å². The van der Waals surface area contributed by atoms with Crippen molar-refractivity contribution in [1.29, 1.82) is 0 Å². The van der Waals surface area contributed by atoms with Gasteiger partial charge in [-0.3, -0.25) is 0 Å². The molecule has 1 unspecified atom stereocenters. The Kier molecular flexibility index (Phi) is 5.17. The summed E-state index contributed by atoms with van der Waals surface area (Å²) in [5.74, 6) is 1.67. The summed E-state index contributed by atoms with van der Waals surface area (Å²) in [7, 11) is 0. The van der Waals surface area contributed by atoms with Crippen LogP contribution >= 0.6 is 0 Å². The van der Waals surface area contributed by atoms with Crippen LogP contribution in [-0.4, -0.2) is 6.61 Å². The zero-order valence-corrected chi connectivity index (χ0v) is 14.2. The fourth-order valence-electron chi connectivity index (χ4n) is 3.17. The van der Waals surface area contributed by atoms with E-state index in [-0.39, 0.29) is 0 Å². The molecule has 0 radical (unpaired) electrons. The number of unbranched alkanes of at least 4 members (excludes halogenated alkanes) is 1. The largest absolute Gasteiger partial charge is 0.493 e. The molecule has 3 rings (SSSR count). The molecular weight excluding hydrogens is 280 g/mol. The standard InChI is InChI=1S/C22H26O/c1-3-5-9-17(4-2)16-23-22-13-8-12-20-14-18-10-6-7-11-19(18)15-21(20)22/h6-8,10-15,17H,3-5,9,16H2,1-2H3. The molecule has 0 saturated heterocycles. The average molecular weight is 306 g/mol. The highest BCUT2D eigenvalue weighted by Crippen LogP contribution is 2.30. The number of hydrogen-bond donors (Lipinski definition) is 0.